The van der Waals surface area contributed by atoms with Crippen LogP contribution in [0.3, 0.4) is 0 Å². The van der Waals surface area contributed by atoms with Crippen LogP contribution < -0.4 is 5.32 Å². The van der Waals surface area contributed by atoms with Gasteiger partial charge in [0.25, 0.3) is 0 Å². The number of hydrogen-bond donors (Lipinski definition) is 2. The van der Waals surface area contributed by atoms with Crippen LogP contribution in [0.25, 0.3) is 6.08 Å². The Bertz CT molecular complexity index is 447. The first-order valence-corrected chi connectivity index (χ1v) is 6.91. The van der Waals surface area contributed by atoms with Gasteiger partial charge in [-0.1, -0.05) is 29.3 Å². The van der Waals surface area contributed by atoms with E-state index in [0.29, 0.717) is 16.6 Å². The summed E-state index contributed by atoms with van der Waals surface area (Å²) in [5, 5.41) is 12.3. The lowest BCUT2D eigenvalue weighted by atomic mass is 10.2. The van der Waals surface area contributed by atoms with Gasteiger partial charge < -0.3 is 10.4 Å². The number of hydrogen-bond acceptors (Lipinski definition) is 2. The Morgan fingerprint density at radius 2 is 2.00 bits per heavy atom. The minimum atomic E-state index is -0.143. The third-order valence-corrected chi connectivity index (χ3v) is 3.24. The number of aliphatic hydroxyl groups is 1. The maximum Gasteiger partial charge on any atom is 0.243 e. The molecule has 2 N–H and O–H groups in total. The lowest BCUT2D eigenvalue weighted by Gasteiger charge is -2.01. The molecule has 104 valence electrons. The van der Waals surface area contributed by atoms with E-state index >= 15 is 0 Å². The molecule has 0 aliphatic rings. The second kappa shape index (κ2) is 8.97. The molecule has 0 saturated carbocycles. The summed E-state index contributed by atoms with van der Waals surface area (Å²) in [6, 6.07) is 5.19. The number of amides is 1. The highest BCUT2D eigenvalue weighted by atomic mass is 35.5. The third kappa shape index (κ3) is 6.62. The predicted molar refractivity (Wildman–Crippen MR) is 79.4 cm³/mol. The molecule has 0 saturated heterocycles. The van der Waals surface area contributed by atoms with E-state index < -0.39 is 0 Å². The van der Waals surface area contributed by atoms with Crippen LogP contribution >= 0.6 is 23.2 Å². The number of nitrogens with one attached hydrogen (secondary N) is 1. The molecule has 0 atom stereocenters. The largest absolute Gasteiger partial charge is 0.396 e. The third-order valence-electron chi connectivity index (χ3n) is 2.50. The molecule has 1 aromatic carbocycles. The molecule has 3 nitrogen and oxygen atoms in total. The first-order chi connectivity index (χ1) is 9.13. The minimum Gasteiger partial charge on any atom is -0.396 e. The Balaban J connectivity index is 2.34. The molecule has 0 unspecified atom stereocenters. The van der Waals surface area contributed by atoms with Gasteiger partial charge in [-0.3, -0.25) is 4.79 Å². The van der Waals surface area contributed by atoms with Gasteiger partial charge in [0, 0.05) is 19.2 Å². The predicted octanol–water partition coefficient (Wildman–Crippen LogP) is 3.29. The molecule has 1 rings (SSSR count). The van der Waals surface area contributed by atoms with Crippen LogP contribution in [0.2, 0.25) is 10.0 Å². The van der Waals surface area contributed by atoms with E-state index in [0.717, 1.165) is 24.8 Å². The van der Waals surface area contributed by atoms with Crippen molar-refractivity contribution in [3.8, 4) is 0 Å². The molecule has 5 heteroatoms. The molecule has 0 spiro atoms. The fourth-order valence-corrected chi connectivity index (χ4v) is 1.78. The fraction of sp³-hybridized carbons (Fsp3) is 0.357. The van der Waals surface area contributed by atoms with Gasteiger partial charge in [-0.2, -0.15) is 0 Å². The van der Waals surface area contributed by atoms with Crippen LogP contribution in [0.5, 0.6) is 0 Å². The zero-order chi connectivity index (χ0) is 14.1. The van der Waals surface area contributed by atoms with Crippen LogP contribution in [0.1, 0.15) is 24.8 Å². The molecule has 0 aliphatic carbocycles. The van der Waals surface area contributed by atoms with Crippen molar-refractivity contribution in [1.82, 2.24) is 5.32 Å². The summed E-state index contributed by atoms with van der Waals surface area (Å²) in [4.78, 5) is 11.5. The molecule has 1 aromatic rings. The van der Waals surface area contributed by atoms with Crippen molar-refractivity contribution < 1.29 is 9.90 Å². The van der Waals surface area contributed by atoms with Crippen LogP contribution in [-0.4, -0.2) is 24.2 Å². The summed E-state index contributed by atoms with van der Waals surface area (Å²) < 4.78 is 0. The Morgan fingerprint density at radius 3 is 2.68 bits per heavy atom. The number of halogens is 2. The van der Waals surface area contributed by atoms with E-state index in [1.165, 1.54) is 6.08 Å². The summed E-state index contributed by atoms with van der Waals surface area (Å²) in [6.07, 6.45) is 5.70. The molecular formula is C14H17Cl2NO2. The Hall–Kier alpha value is -1.03. The molecule has 1 amide bonds. The van der Waals surface area contributed by atoms with Gasteiger partial charge in [0.2, 0.25) is 5.91 Å². The van der Waals surface area contributed by atoms with E-state index in [9.17, 15) is 4.79 Å². The average Bonchev–Trinajstić information content (AvgIpc) is 2.40. The lowest BCUT2D eigenvalue weighted by Crippen LogP contribution is -2.22. The lowest BCUT2D eigenvalue weighted by molar-refractivity contribution is -0.116. The molecular weight excluding hydrogens is 285 g/mol. The first kappa shape index (κ1) is 16.0. The molecule has 0 fully saturated rings. The maximum absolute atomic E-state index is 11.5. The number of rotatable bonds is 7. The second-order valence-corrected chi connectivity index (χ2v) is 4.90. The Morgan fingerprint density at radius 1 is 1.21 bits per heavy atom. The van der Waals surface area contributed by atoms with Crippen molar-refractivity contribution in [3.05, 3.63) is 39.9 Å². The van der Waals surface area contributed by atoms with Gasteiger partial charge in [-0.05, 0) is 43.0 Å². The molecule has 0 aromatic heterocycles. The summed E-state index contributed by atoms with van der Waals surface area (Å²) in [6.45, 7) is 0.815. The number of aliphatic hydroxyl groups excluding tert-OH is 1. The fourth-order valence-electron chi connectivity index (χ4n) is 1.47. The molecule has 0 radical (unpaired) electrons. The first-order valence-electron chi connectivity index (χ1n) is 6.15. The highest BCUT2D eigenvalue weighted by Crippen LogP contribution is 2.22. The summed E-state index contributed by atoms with van der Waals surface area (Å²) in [7, 11) is 0. The normalized spacial score (nSPS) is 10.9. The van der Waals surface area contributed by atoms with E-state index in [-0.39, 0.29) is 12.5 Å². The van der Waals surface area contributed by atoms with Gasteiger partial charge in [0.15, 0.2) is 0 Å². The Kier molecular flexibility index (Phi) is 7.56. The van der Waals surface area contributed by atoms with Crippen LogP contribution in [0, 0.1) is 0 Å². The zero-order valence-corrected chi connectivity index (χ0v) is 12.0. The van der Waals surface area contributed by atoms with Gasteiger partial charge >= 0.3 is 0 Å². The van der Waals surface area contributed by atoms with Crippen molar-refractivity contribution in [2.45, 2.75) is 19.3 Å². The van der Waals surface area contributed by atoms with Gasteiger partial charge in [-0.15, -0.1) is 0 Å². The van der Waals surface area contributed by atoms with Crippen molar-refractivity contribution in [1.29, 1.82) is 0 Å². The summed E-state index contributed by atoms with van der Waals surface area (Å²) in [5.41, 5.74) is 0.824. The van der Waals surface area contributed by atoms with E-state index in [2.05, 4.69) is 5.32 Å². The zero-order valence-electron chi connectivity index (χ0n) is 10.5. The number of unbranched alkanes of at least 4 members (excludes halogenated alkanes) is 2. The monoisotopic (exact) mass is 301 g/mol. The van der Waals surface area contributed by atoms with Crippen LogP contribution in [0.4, 0.5) is 0 Å². The molecule has 0 aliphatic heterocycles. The van der Waals surface area contributed by atoms with Crippen LogP contribution in [-0.2, 0) is 4.79 Å². The summed E-state index contributed by atoms with van der Waals surface area (Å²) >= 11 is 11.7. The van der Waals surface area contributed by atoms with E-state index in [1.807, 2.05) is 0 Å². The highest BCUT2D eigenvalue weighted by Gasteiger charge is 1.98. The van der Waals surface area contributed by atoms with Gasteiger partial charge in [0.1, 0.15) is 0 Å². The average molecular weight is 302 g/mol. The van der Waals surface area contributed by atoms with E-state index in [4.69, 9.17) is 28.3 Å². The number of benzene rings is 1. The minimum absolute atomic E-state index is 0.143. The molecule has 0 heterocycles. The second-order valence-electron chi connectivity index (χ2n) is 4.08. The van der Waals surface area contributed by atoms with Gasteiger partial charge in [-0.25, -0.2) is 0 Å². The van der Waals surface area contributed by atoms with Crippen LogP contribution in [0.15, 0.2) is 24.3 Å². The van der Waals surface area contributed by atoms with Crippen molar-refractivity contribution in [2.24, 2.45) is 0 Å². The Labute approximate surface area is 123 Å². The maximum atomic E-state index is 11.5. The highest BCUT2D eigenvalue weighted by molar-refractivity contribution is 6.42. The van der Waals surface area contributed by atoms with E-state index in [1.54, 1.807) is 24.3 Å². The SMILES string of the molecule is O=C(/C=C/c1ccc(Cl)c(Cl)c1)NCCCCCO. The molecule has 0 bridgehead atoms. The van der Waals surface area contributed by atoms with Gasteiger partial charge in [0.05, 0.1) is 10.0 Å². The topological polar surface area (TPSA) is 49.3 Å². The van der Waals surface area contributed by atoms with Crippen molar-refractivity contribution >= 4 is 35.2 Å². The number of carbonyl (C=O) groups is 1. The number of carbonyl (C=O) groups excluding carboxylic acids is 1. The smallest absolute Gasteiger partial charge is 0.243 e. The van der Waals surface area contributed by atoms with Crippen molar-refractivity contribution in [3.63, 3.8) is 0 Å². The summed E-state index contributed by atoms with van der Waals surface area (Å²) in [5.74, 6) is -0.143. The molecule has 19 heavy (non-hydrogen) atoms. The quantitative estimate of drug-likeness (QED) is 0.600. The van der Waals surface area contributed by atoms with Crippen molar-refractivity contribution in [2.75, 3.05) is 13.2 Å². The standard InChI is InChI=1S/C14H17Cl2NO2/c15-12-6-4-11(10-13(12)16)5-7-14(19)17-8-2-1-3-9-18/h4-7,10,18H,1-3,8-9H2,(H,17,19)/b7-5+.